The fraction of sp³-hybridized carbons (Fsp3) is 0.636. The van der Waals surface area contributed by atoms with Gasteiger partial charge < -0.3 is 16.3 Å². The van der Waals surface area contributed by atoms with E-state index in [-0.39, 0.29) is 17.9 Å². The van der Waals surface area contributed by atoms with Gasteiger partial charge in [0.25, 0.3) is 0 Å². The van der Waals surface area contributed by atoms with E-state index >= 15 is 0 Å². The molecule has 0 bridgehead atoms. The number of rotatable bonds is 7. The Hall–Kier alpha value is -1.56. The standard InChI is InChI=1S/C11H21N5O/c1-3-10(7-11(12)15-17)14-9(2)8-16-6-4-5-13-16/h4-6,9-10,14,17H,3,7-8H2,1-2H3,(H2,12,15). The largest absolute Gasteiger partial charge is 0.409 e. The molecule has 0 saturated heterocycles. The Bertz CT molecular complexity index is 336. The van der Waals surface area contributed by atoms with E-state index in [1.807, 2.05) is 16.9 Å². The van der Waals surface area contributed by atoms with Crippen molar-refractivity contribution >= 4 is 5.84 Å². The third kappa shape index (κ3) is 4.86. The topological polar surface area (TPSA) is 88.5 Å². The molecule has 0 amide bonds. The number of amidine groups is 1. The van der Waals surface area contributed by atoms with Gasteiger partial charge in [0.15, 0.2) is 0 Å². The molecule has 0 aliphatic rings. The predicted molar refractivity (Wildman–Crippen MR) is 66.9 cm³/mol. The van der Waals surface area contributed by atoms with Crippen LogP contribution in [0.4, 0.5) is 0 Å². The number of hydrogen-bond acceptors (Lipinski definition) is 4. The van der Waals surface area contributed by atoms with Crippen molar-refractivity contribution < 1.29 is 5.21 Å². The molecule has 1 rings (SSSR count). The Balaban J connectivity index is 2.39. The van der Waals surface area contributed by atoms with E-state index in [2.05, 4.69) is 29.4 Å². The lowest BCUT2D eigenvalue weighted by Crippen LogP contribution is -2.41. The highest BCUT2D eigenvalue weighted by Crippen LogP contribution is 2.01. The van der Waals surface area contributed by atoms with Crippen LogP contribution in [0.1, 0.15) is 26.7 Å². The van der Waals surface area contributed by atoms with E-state index < -0.39 is 0 Å². The number of nitrogens with two attached hydrogens (primary N) is 1. The lowest BCUT2D eigenvalue weighted by Gasteiger charge is -2.21. The van der Waals surface area contributed by atoms with Crippen LogP contribution in [0, 0.1) is 0 Å². The zero-order chi connectivity index (χ0) is 12.7. The molecule has 2 unspecified atom stereocenters. The molecule has 2 atom stereocenters. The zero-order valence-electron chi connectivity index (χ0n) is 10.4. The molecule has 0 fully saturated rings. The summed E-state index contributed by atoms with van der Waals surface area (Å²) in [5.74, 6) is 0.260. The fourth-order valence-electron chi connectivity index (χ4n) is 1.76. The smallest absolute Gasteiger partial charge is 0.140 e. The van der Waals surface area contributed by atoms with E-state index in [1.165, 1.54) is 0 Å². The highest BCUT2D eigenvalue weighted by atomic mass is 16.4. The zero-order valence-corrected chi connectivity index (χ0v) is 10.4. The van der Waals surface area contributed by atoms with Crippen molar-refractivity contribution in [1.29, 1.82) is 0 Å². The fourth-order valence-corrected chi connectivity index (χ4v) is 1.76. The summed E-state index contributed by atoms with van der Waals surface area (Å²) >= 11 is 0. The second kappa shape index (κ2) is 6.90. The highest BCUT2D eigenvalue weighted by molar-refractivity contribution is 5.80. The van der Waals surface area contributed by atoms with Gasteiger partial charge in [-0.15, -0.1) is 0 Å². The number of aromatic nitrogens is 2. The van der Waals surface area contributed by atoms with Crippen LogP contribution in [0.25, 0.3) is 0 Å². The van der Waals surface area contributed by atoms with Gasteiger partial charge in [0, 0.05) is 30.9 Å². The van der Waals surface area contributed by atoms with Gasteiger partial charge in [0.1, 0.15) is 5.84 Å². The minimum atomic E-state index is 0.219. The van der Waals surface area contributed by atoms with Gasteiger partial charge >= 0.3 is 0 Å². The summed E-state index contributed by atoms with van der Waals surface area (Å²) in [5, 5.41) is 19.1. The molecule has 0 aliphatic carbocycles. The normalized spacial score (nSPS) is 15.8. The Morgan fingerprint density at radius 3 is 2.94 bits per heavy atom. The molecule has 4 N–H and O–H groups in total. The SMILES string of the molecule is CCC(C/C(N)=N/O)NC(C)Cn1cccn1. The van der Waals surface area contributed by atoms with Gasteiger partial charge in [-0.25, -0.2) is 0 Å². The van der Waals surface area contributed by atoms with Crippen LogP contribution in [0.3, 0.4) is 0 Å². The van der Waals surface area contributed by atoms with Gasteiger partial charge in [0.2, 0.25) is 0 Å². The van der Waals surface area contributed by atoms with Gasteiger partial charge in [-0.05, 0) is 19.4 Å². The minimum Gasteiger partial charge on any atom is -0.409 e. The van der Waals surface area contributed by atoms with Crippen LogP contribution in [-0.2, 0) is 6.54 Å². The number of oxime groups is 1. The summed E-state index contributed by atoms with van der Waals surface area (Å²) in [4.78, 5) is 0. The first-order valence-electron chi connectivity index (χ1n) is 5.85. The molecule has 96 valence electrons. The van der Waals surface area contributed by atoms with Gasteiger partial charge in [-0.2, -0.15) is 5.10 Å². The van der Waals surface area contributed by atoms with Crippen molar-refractivity contribution in [2.75, 3.05) is 0 Å². The van der Waals surface area contributed by atoms with Crippen LogP contribution in [0.5, 0.6) is 0 Å². The quantitative estimate of drug-likeness (QED) is 0.284. The maximum absolute atomic E-state index is 8.54. The molecule has 1 heterocycles. The summed E-state index contributed by atoms with van der Waals surface area (Å²) in [6.07, 6.45) is 5.18. The third-order valence-electron chi connectivity index (χ3n) is 2.62. The molecule has 1 aromatic rings. The molecule has 6 nitrogen and oxygen atoms in total. The average Bonchev–Trinajstić information content (AvgIpc) is 2.80. The molecular formula is C11H21N5O. The van der Waals surface area contributed by atoms with E-state index in [0.717, 1.165) is 13.0 Å². The highest BCUT2D eigenvalue weighted by Gasteiger charge is 2.12. The van der Waals surface area contributed by atoms with Crippen LogP contribution < -0.4 is 11.1 Å². The Labute approximate surface area is 101 Å². The molecule has 0 radical (unpaired) electrons. The summed E-state index contributed by atoms with van der Waals surface area (Å²) in [6, 6.07) is 2.41. The molecule has 0 aromatic carbocycles. The Morgan fingerprint density at radius 1 is 1.65 bits per heavy atom. The predicted octanol–water partition coefficient (Wildman–Crippen LogP) is 0.776. The first kappa shape index (κ1) is 13.5. The molecule has 1 aromatic heterocycles. The number of nitrogens with zero attached hydrogens (tertiary/aromatic N) is 3. The summed E-state index contributed by atoms with van der Waals surface area (Å²) in [6.45, 7) is 4.97. The lowest BCUT2D eigenvalue weighted by atomic mass is 10.1. The Kier molecular flexibility index (Phi) is 5.48. The van der Waals surface area contributed by atoms with Crippen LogP contribution in [0.2, 0.25) is 0 Å². The van der Waals surface area contributed by atoms with E-state index in [1.54, 1.807) is 6.20 Å². The second-order valence-electron chi connectivity index (χ2n) is 4.20. The van der Waals surface area contributed by atoms with Crippen molar-refractivity contribution in [3.05, 3.63) is 18.5 Å². The molecule has 0 spiro atoms. The average molecular weight is 239 g/mol. The van der Waals surface area contributed by atoms with Crippen LogP contribution >= 0.6 is 0 Å². The maximum Gasteiger partial charge on any atom is 0.140 e. The van der Waals surface area contributed by atoms with E-state index in [0.29, 0.717) is 6.42 Å². The summed E-state index contributed by atoms with van der Waals surface area (Å²) in [5.41, 5.74) is 5.50. The van der Waals surface area contributed by atoms with Crippen molar-refractivity contribution in [2.45, 2.75) is 45.3 Å². The number of nitrogens with one attached hydrogen (secondary N) is 1. The summed E-state index contributed by atoms with van der Waals surface area (Å²) < 4.78 is 1.88. The monoisotopic (exact) mass is 239 g/mol. The van der Waals surface area contributed by atoms with Gasteiger partial charge in [-0.1, -0.05) is 12.1 Å². The van der Waals surface area contributed by atoms with Crippen LogP contribution in [0.15, 0.2) is 23.6 Å². The lowest BCUT2D eigenvalue weighted by molar-refractivity contribution is 0.314. The molecule has 0 aliphatic heterocycles. The van der Waals surface area contributed by atoms with Crippen molar-refractivity contribution in [3.63, 3.8) is 0 Å². The molecule has 6 heteroatoms. The van der Waals surface area contributed by atoms with Crippen LogP contribution in [-0.4, -0.2) is 32.9 Å². The van der Waals surface area contributed by atoms with E-state index in [4.69, 9.17) is 10.9 Å². The van der Waals surface area contributed by atoms with Crippen molar-refractivity contribution in [2.24, 2.45) is 10.9 Å². The summed E-state index contributed by atoms with van der Waals surface area (Å²) in [7, 11) is 0. The third-order valence-corrected chi connectivity index (χ3v) is 2.62. The van der Waals surface area contributed by atoms with Gasteiger partial charge in [-0.3, -0.25) is 4.68 Å². The first-order valence-corrected chi connectivity index (χ1v) is 5.85. The Morgan fingerprint density at radius 2 is 2.41 bits per heavy atom. The van der Waals surface area contributed by atoms with Gasteiger partial charge in [0.05, 0.1) is 6.54 Å². The minimum absolute atomic E-state index is 0.219. The molecular weight excluding hydrogens is 218 g/mol. The second-order valence-corrected chi connectivity index (χ2v) is 4.20. The van der Waals surface area contributed by atoms with E-state index in [9.17, 15) is 0 Å². The first-order chi connectivity index (χ1) is 8.15. The van der Waals surface area contributed by atoms with Crippen molar-refractivity contribution in [3.8, 4) is 0 Å². The van der Waals surface area contributed by atoms with Crippen molar-refractivity contribution in [1.82, 2.24) is 15.1 Å². The molecule has 0 saturated carbocycles. The molecule has 17 heavy (non-hydrogen) atoms. The number of hydrogen-bond donors (Lipinski definition) is 3. The maximum atomic E-state index is 8.54.